The van der Waals surface area contributed by atoms with E-state index in [0.29, 0.717) is 17.2 Å². The first-order valence-electron chi connectivity index (χ1n) is 7.75. The molecule has 24 heavy (non-hydrogen) atoms. The molecule has 2 heterocycles. The molecule has 0 saturated carbocycles. The van der Waals surface area contributed by atoms with Gasteiger partial charge in [0.05, 0.1) is 4.88 Å². The zero-order valence-corrected chi connectivity index (χ0v) is 15.1. The van der Waals surface area contributed by atoms with Gasteiger partial charge in [0.2, 0.25) is 0 Å². The van der Waals surface area contributed by atoms with E-state index < -0.39 is 12.3 Å². The number of amidine groups is 1. The van der Waals surface area contributed by atoms with Crippen LogP contribution in [0.5, 0.6) is 0 Å². The molecule has 2 aromatic rings. The summed E-state index contributed by atoms with van der Waals surface area (Å²) in [6, 6.07) is 11.2. The molecule has 3 rings (SSSR count). The van der Waals surface area contributed by atoms with Gasteiger partial charge in [0.25, 0.3) is 0 Å². The first-order valence-corrected chi connectivity index (χ1v) is 9.01. The number of aliphatic hydroxyl groups excluding tert-OH is 1. The first-order chi connectivity index (χ1) is 11.6. The monoisotopic (exact) mass is 362 g/mol. The zero-order valence-electron chi connectivity index (χ0n) is 13.5. The largest absolute Gasteiger partial charge is 0.364 e. The van der Waals surface area contributed by atoms with Crippen LogP contribution in [0.25, 0.3) is 0 Å². The summed E-state index contributed by atoms with van der Waals surface area (Å²) in [7, 11) is 0. The highest BCUT2D eigenvalue weighted by Crippen LogP contribution is 2.37. The fourth-order valence-electron chi connectivity index (χ4n) is 2.73. The number of nitrogens with one attached hydrogen (secondary N) is 1. The van der Waals surface area contributed by atoms with Crippen LogP contribution in [0.2, 0.25) is 5.02 Å². The summed E-state index contributed by atoms with van der Waals surface area (Å²) in [5.41, 5.74) is 2.37. The molecule has 4 nitrogen and oxygen atoms in total. The quantitative estimate of drug-likeness (QED) is 0.786. The van der Waals surface area contributed by atoms with E-state index in [9.17, 15) is 5.11 Å². The van der Waals surface area contributed by atoms with E-state index in [-0.39, 0.29) is 0 Å². The van der Waals surface area contributed by atoms with Crippen LogP contribution in [0.3, 0.4) is 0 Å². The number of aliphatic imine (C=N–C) groups is 1. The Morgan fingerprint density at radius 2 is 2.12 bits per heavy atom. The number of rotatable bonds is 5. The van der Waals surface area contributed by atoms with Gasteiger partial charge in [0.15, 0.2) is 6.29 Å². The van der Waals surface area contributed by atoms with Crippen molar-refractivity contribution < 1.29 is 9.84 Å². The van der Waals surface area contributed by atoms with E-state index in [4.69, 9.17) is 21.3 Å². The predicted octanol–water partition coefficient (Wildman–Crippen LogP) is 4.12. The maximum absolute atomic E-state index is 10.5. The summed E-state index contributed by atoms with van der Waals surface area (Å²) in [4.78, 5) is 5.86. The number of halogens is 1. The van der Waals surface area contributed by atoms with Gasteiger partial charge in [-0.25, -0.2) is 0 Å². The van der Waals surface area contributed by atoms with Gasteiger partial charge in [0.1, 0.15) is 11.9 Å². The van der Waals surface area contributed by atoms with E-state index in [0.717, 1.165) is 22.0 Å². The third-order valence-electron chi connectivity index (χ3n) is 3.84. The molecule has 126 valence electrons. The third-order valence-corrected chi connectivity index (χ3v) is 5.06. The molecule has 1 aliphatic heterocycles. The molecule has 0 amide bonds. The van der Waals surface area contributed by atoms with Crippen molar-refractivity contribution in [3.63, 3.8) is 0 Å². The summed E-state index contributed by atoms with van der Waals surface area (Å²) >= 11 is 8.00. The van der Waals surface area contributed by atoms with Crippen molar-refractivity contribution in [3.05, 3.63) is 68.5 Å². The van der Waals surface area contributed by atoms with Gasteiger partial charge in [-0.3, -0.25) is 4.99 Å². The summed E-state index contributed by atoms with van der Waals surface area (Å²) < 4.78 is 5.42. The zero-order chi connectivity index (χ0) is 17.1. The van der Waals surface area contributed by atoms with Gasteiger partial charge >= 0.3 is 0 Å². The van der Waals surface area contributed by atoms with Crippen molar-refractivity contribution in [2.24, 2.45) is 4.99 Å². The summed E-state index contributed by atoms with van der Waals surface area (Å²) in [5.74, 6) is 0.778. The van der Waals surface area contributed by atoms with Crippen LogP contribution in [0.1, 0.15) is 30.3 Å². The van der Waals surface area contributed by atoms with Crippen molar-refractivity contribution in [2.45, 2.75) is 26.2 Å². The normalized spacial score (nSPS) is 19.0. The van der Waals surface area contributed by atoms with E-state index >= 15 is 0 Å². The minimum atomic E-state index is -1.03. The Hall–Kier alpha value is -1.66. The Balaban J connectivity index is 2.08. The molecule has 6 heteroatoms. The van der Waals surface area contributed by atoms with Crippen LogP contribution in [0.4, 0.5) is 0 Å². The highest BCUT2D eigenvalue weighted by atomic mass is 35.5. The lowest BCUT2D eigenvalue weighted by molar-refractivity contribution is -0.0712. The SMILES string of the molecule is CCOC(O)C1=C(C)NC(c2cccs2)=NC1c1ccccc1Cl. The molecule has 0 saturated heterocycles. The lowest BCUT2D eigenvalue weighted by atomic mass is 9.95. The molecule has 0 fully saturated rings. The van der Waals surface area contributed by atoms with Crippen LogP contribution in [0.15, 0.2) is 58.0 Å². The van der Waals surface area contributed by atoms with Gasteiger partial charge in [0, 0.05) is 22.9 Å². The number of hydrogen-bond donors (Lipinski definition) is 2. The molecule has 2 N–H and O–H groups in total. The van der Waals surface area contributed by atoms with Crippen molar-refractivity contribution in [2.75, 3.05) is 6.61 Å². The van der Waals surface area contributed by atoms with Crippen LogP contribution >= 0.6 is 22.9 Å². The smallest absolute Gasteiger partial charge is 0.181 e. The van der Waals surface area contributed by atoms with Crippen molar-refractivity contribution in [3.8, 4) is 0 Å². The molecule has 0 spiro atoms. The first kappa shape index (κ1) is 17.2. The molecular formula is C18H19ClN2O2S. The Bertz CT molecular complexity index is 771. The minimum absolute atomic E-state index is 0.390. The van der Waals surface area contributed by atoms with Gasteiger partial charge in [-0.15, -0.1) is 11.3 Å². The summed E-state index contributed by atoms with van der Waals surface area (Å²) in [5, 5.41) is 16.4. The Morgan fingerprint density at radius 3 is 2.79 bits per heavy atom. The fraction of sp³-hybridized carbons (Fsp3) is 0.278. The molecule has 1 aromatic carbocycles. The van der Waals surface area contributed by atoms with Crippen molar-refractivity contribution in [1.82, 2.24) is 5.32 Å². The number of allylic oxidation sites excluding steroid dienone is 1. The van der Waals surface area contributed by atoms with E-state index in [1.54, 1.807) is 11.3 Å². The highest BCUT2D eigenvalue weighted by molar-refractivity contribution is 7.12. The van der Waals surface area contributed by atoms with E-state index in [2.05, 4.69) is 5.32 Å². The van der Waals surface area contributed by atoms with Gasteiger partial charge in [-0.2, -0.15) is 0 Å². The van der Waals surface area contributed by atoms with E-state index in [1.165, 1.54) is 0 Å². The second-order valence-corrected chi connectivity index (χ2v) is 6.75. The van der Waals surface area contributed by atoms with E-state index in [1.807, 2.05) is 55.6 Å². The topological polar surface area (TPSA) is 53.9 Å². The molecule has 1 aliphatic rings. The Morgan fingerprint density at radius 1 is 1.33 bits per heavy atom. The Kier molecular flexibility index (Phi) is 5.36. The van der Waals surface area contributed by atoms with Gasteiger partial charge < -0.3 is 15.2 Å². The summed E-state index contributed by atoms with van der Waals surface area (Å²) in [6.07, 6.45) is -1.03. The maximum Gasteiger partial charge on any atom is 0.181 e. The Labute approximate surface area is 150 Å². The number of thiophene rings is 1. The van der Waals surface area contributed by atoms with Crippen LogP contribution in [-0.4, -0.2) is 23.8 Å². The summed E-state index contributed by atoms with van der Waals surface area (Å²) in [6.45, 7) is 4.18. The van der Waals surface area contributed by atoms with Crippen LogP contribution in [0, 0.1) is 0 Å². The number of benzene rings is 1. The second kappa shape index (κ2) is 7.49. The predicted molar refractivity (Wildman–Crippen MR) is 98.5 cm³/mol. The van der Waals surface area contributed by atoms with Gasteiger partial charge in [-0.1, -0.05) is 35.9 Å². The number of ether oxygens (including phenoxy) is 1. The molecule has 0 aliphatic carbocycles. The molecular weight excluding hydrogens is 344 g/mol. The second-order valence-electron chi connectivity index (χ2n) is 5.39. The lowest BCUT2D eigenvalue weighted by Crippen LogP contribution is -2.34. The molecule has 1 aromatic heterocycles. The molecule has 0 bridgehead atoms. The molecule has 0 radical (unpaired) electrons. The maximum atomic E-state index is 10.5. The molecule has 2 unspecified atom stereocenters. The number of aliphatic hydroxyl groups is 1. The lowest BCUT2D eigenvalue weighted by Gasteiger charge is -2.30. The van der Waals surface area contributed by atoms with Gasteiger partial charge in [-0.05, 0) is 36.9 Å². The average Bonchev–Trinajstić information content (AvgIpc) is 3.09. The van der Waals surface area contributed by atoms with Crippen LogP contribution in [-0.2, 0) is 4.74 Å². The van der Waals surface area contributed by atoms with Crippen molar-refractivity contribution >= 4 is 28.8 Å². The number of nitrogens with zero attached hydrogens (tertiary/aromatic N) is 1. The van der Waals surface area contributed by atoms with Crippen LogP contribution < -0.4 is 5.32 Å². The fourth-order valence-corrected chi connectivity index (χ4v) is 3.64. The standard InChI is InChI=1S/C18H19ClN2O2S/c1-3-23-18(22)15-11(2)20-17(14-9-6-10-24-14)21-16(15)12-7-4-5-8-13(12)19/h4-10,16,18,22H,3H2,1-2H3,(H,20,21). The van der Waals surface area contributed by atoms with Crippen molar-refractivity contribution in [1.29, 1.82) is 0 Å². The minimum Gasteiger partial charge on any atom is -0.364 e. The highest BCUT2D eigenvalue weighted by Gasteiger charge is 2.31. The molecule has 2 atom stereocenters. The number of hydrogen-bond acceptors (Lipinski definition) is 5. The average molecular weight is 363 g/mol. The third kappa shape index (κ3) is 3.39.